The summed E-state index contributed by atoms with van der Waals surface area (Å²) in [5.74, 6) is -0.146. The van der Waals surface area contributed by atoms with Gasteiger partial charge in [-0.15, -0.1) is 0 Å². The van der Waals surface area contributed by atoms with Crippen molar-refractivity contribution in [2.24, 2.45) is 0 Å². The first kappa shape index (κ1) is 18.3. The molecule has 1 aromatic carbocycles. The summed E-state index contributed by atoms with van der Waals surface area (Å²) in [4.78, 5) is 14.7. The van der Waals surface area contributed by atoms with E-state index in [9.17, 15) is 13.2 Å². The van der Waals surface area contributed by atoms with Crippen LogP contribution in [0.3, 0.4) is 0 Å². The summed E-state index contributed by atoms with van der Waals surface area (Å²) < 4.78 is 32.6. The monoisotopic (exact) mass is 367 g/mol. The zero-order valence-corrected chi connectivity index (χ0v) is 15.5. The molecule has 0 spiro atoms. The lowest BCUT2D eigenvalue weighted by molar-refractivity contribution is 0.0728. The van der Waals surface area contributed by atoms with Crippen molar-refractivity contribution in [1.29, 1.82) is 0 Å². The van der Waals surface area contributed by atoms with Gasteiger partial charge in [-0.2, -0.15) is 4.31 Å². The van der Waals surface area contributed by atoms with Crippen LogP contribution in [0.15, 0.2) is 23.1 Å². The fourth-order valence-corrected chi connectivity index (χ4v) is 4.94. The van der Waals surface area contributed by atoms with Crippen molar-refractivity contribution in [3.05, 3.63) is 29.3 Å². The molecular weight excluding hydrogens is 342 g/mol. The van der Waals surface area contributed by atoms with E-state index in [4.69, 9.17) is 4.74 Å². The molecule has 2 aliphatic heterocycles. The minimum atomic E-state index is -3.62. The fraction of sp³-hybridized carbons (Fsp3) is 0.588. The maximum absolute atomic E-state index is 12.9. The topological polar surface area (TPSA) is 79.0 Å². The molecular formula is C17H25N3O4S. The molecule has 1 atom stereocenters. The van der Waals surface area contributed by atoms with Crippen LogP contribution in [-0.2, 0) is 14.8 Å². The van der Waals surface area contributed by atoms with Gasteiger partial charge in [0.05, 0.1) is 18.1 Å². The molecule has 0 aromatic heterocycles. The Balaban J connectivity index is 1.88. The third kappa shape index (κ3) is 3.72. The number of ether oxygens (including phenoxy) is 1. The molecule has 0 bridgehead atoms. The standard InChI is InChI=1S/C17H25N3O4S/c1-13-3-4-14(17(21)19(2)15-5-6-18-12-15)11-16(13)25(22,23)20-7-9-24-10-8-20/h3-4,11,15,18H,5-10,12H2,1-2H3. The summed E-state index contributed by atoms with van der Waals surface area (Å²) in [6.45, 7) is 4.90. The Morgan fingerprint density at radius 2 is 2.04 bits per heavy atom. The number of morpholine rings is 1. The van der Waals surface area contributed by atoms with Crippen molar-refractivity contribution in [3.63, 3.8) is 0 Å². The molecule has 1 aromatic rings. The van der Waals surface area contributed by atoms with Crippen LogP contribution in [0.4, 0.5) is 0 Å². The number of nitrogens with zero attached hydrogens (tertiary/aromatic N) is 2. The van der Waals surface area contributed by atoms with Gasteiger partial charge in [0.1, 0.15) is 0 Å². The lowest BCUT2D eigenvalue weighted by Crippen LogP contribution is -2.41. The summed E-state index contributed by atoms with van der Waals surface area (Å²) in [6, 6.07) is 5.07. The van der Waals surface area contributed by atoms with Crippen molar-refractivity contribution >= 4 is 15.9 Å². The number of amides is 1. The predicted octanol–water partition coefficient (Wildman–Crippen LogP) is 0.450. The molecule has 0 radical (unpaired) electrons. The van der Waals surface area contributed by atoms with E-state index in [0.29, 0.717) is 37.4 Å². The van der Waals surface area contributed by atoms with Crippen LogP contribution in [-0.4, -0.2) is 76.0 Å². The van der Waals surface area contributed by atoms with Gasteiger partial charge < -0.3 is 15.0 Å². The zero-order valence-electron chi connectivity index (χ0n) is 14.7. The van der Waals surface area contributed by atoms with Crippen molar-refractivity contribution in [2.75, 3.05) is 46.4 Å². The van der Waals surface area contributed by atoms with Gasteiger partial charge in [-0.1, -0.05) is 6.07 Å². The number of rotatable bonds is 4. The molecule has 2 aliphatic rings. The molecule has 2 heterocycles. The number of likely N-dealkylation sites (N-methyl/N-ethyl adjacent to an activating group) is 1. The smallest absolute Gasteiger partial charge is 0.253 e. The number of hydrogen-bond donors (Lipinski definition) is 1. The van der Waals surface area contributed by atoms with Crippen molar-refractivity contribution in [1.82, 2.24) is 14.5 Å². The average molecular weight is 367 g/mol. The number of carbonyl (C=O) groups is 1. The lowest BCUT2D eigenvalue weighted by atomic mass is 10.1. The molecule has 1 amide bonds. The first-order valence-corrected chi connectivity index (χ1v) is 10.0. The van der Waals surface area contributed by atoms with Gasteiger partial charge in [0.25, 0.3) is 5.91 Å². The molecule has 1 unspecified atom stereocenters. The fourth-order valence-electron chi connectivity index (χ4n) is 3.28. The third-order valence-electron chi connectivity index (χ3n) is 4.93. The van der Waals surface area contributed by atoms with E-state index >= 15 is 0 Å². The second-order valence-electron chi connectivity index (χ2n) is 6.56. The summed E-state index contributed by atoms with van der Waals surface area (Å²) >= 11 is 0. The van der Waals surface area contributed by atoms with Gasteiger partial charge in [-0.3, -0.25) is 4.79 Å². The van der Waals surface area contributed by atoms with Gasteiger partial charge in [0, 0.05) is 38.3 Å². The molecule has 138 valence electrons. The number of carbonyl (C=O) groups excluding carboxylic acids is 1. The van der Waals surface area contributed by atoms with Crippen LogP contribution in [0, 0.1) is 6.92 Å². The highest BCUT2D eigenvalue weighted by atomic mass is 32.2. The SMILES string of the molecule is Cc1ccc(C(=O)N(C)C2CCNC2)cc1S(=O)(=O)N1CCOCC1. The van der Waals surface area contributed by atoms with Crippen LogP contribution in [0.5, 0.6) is 0 Å². The van der Waals surface area contributed by atoms with Crippen LogP contribution in [0.25, 0.3) is 0 Å². The van der Waals surface area contributed by atoms with Crippen LogP contribution < -0.4 is 5.32 Å². The lowest BCUT2D eigenvalue weighted by Gasteiger charge is -2.27. The minimum Gasteiger partial charge on any atom is -0.379 e. The summed E-state index contributed by atoms with van der Waals surface area (Å²) in [6.07, 6.45) is 0.910. The molecule has 2 fully saturated rings. The second-order valence-corrected chi connectivity index (χ2v) is 8.47. The molecule has 8 heteroatoms. The van der Waals surface area contributed by atoms with E-state index in [-0.39, 0.29) is 16.8 Å². The largest absolute Gasteiger partial charge is 0.379 e. The Kier molecular flexibility index (Phi) is 5.43. The minimum absolute atomic E-state index is 0.146. The van der Waals surface area contributed by atoms with Crippen LogP contribution >= 0.6 is 0 Å². The predicted molar refractivity (Wildman–Crippen MR) is 94.1 cm³/mol. The molecule has 25 heavy (non-hydrogen) atoms. The molecule has 0 aliphatic carbocycles. The average Bonchev–Trinajstić information content (AvgIpc) is 3.16. The Hall–Kier alpha value is -1.48. The van der Waals surface area contributed by atoms with Crippen LogP contribution in [0.1, 0.15) is 22.3 Å². The quantitative estimate of drug-likeness (QED) is 0.836. The number of aryl methyl sites for hydroxylation is 1. The maximum atomic E-state index is 12.9. The molecule has 2 saturated heterocycles. The van der Waals surface area contributed by atoms with Gasteiger partial charge >= 0.3 is 0 Å². The normalized spacial score (nSPS) is 22.1. The molecule has 3 rings (SSSR count). The van der Waals surface area contributed by atoms with Crippen molar-refractivity contribution < 1.29 is 17.9 Å². The Labute approximate surface area is 149 Å². The van der Waals surface area contributed by atoms with Gasteiger partial charge in [0.15, 0.2) is 0 Å². The number of benzene rings is 1. The van der Waals surface area contributed by atoms with E-state index in [1.54, 1.807) is 31.0 Å². The van der Waals surface area contributed by atoms with E-state index in [0.717, 1.165) is 19.5 Å². The van der Waals surface area contributed by atoms with Crippen LogP contribution in [0.2, 0.25) is 0 Å². The molecule has 0 saturated carbocycles. The highest BCUT2D eigenvalue weighted by Crippen LogP contribution is 2.23. The summed E-state index contributed by atoms with van der Waals surface area (Å²) in [7, 11) is -1.85. The second kappa shape index (κ2) is 7.41. The highest BCUT2D eigenvalue weighted by Gasteiger charge is 2.30. The Morgan fingerprint density at radius 3 is 2.68 bits per heavy atom. The van der Waals surface area contributed by atoms with E-state index in [1.165, 1.54) is 10.4 Å². The summed E-state index contributed by atoms with van der Waals surface area (Å²) in [5, 5.41) is 3.24. The first-order valence-electron chi connectivity index (χ1n) is 8.57. The Bertz CT molecular complexity index is 738. The number of hydrogen-bond acceptors (Lipinski definition) is 5. The van der Waals surface area contributed by atoms with Gasteiger partial charge in [-0.25, -0.2) is 8.42 Å². The van der Waals surface area contributed by atoms with Gasteiger partial charge in [-0.05, 0) is 37.6 Å². The maximum Gasteiger partial charge on any atom is 0.253 e. The van der Waals surface area contributed by atoms with E-state index < -0.39 is 10.0 Å². The number of sulfonamides is 1. The van der Waals surface area contributed by atoms with Gasteiger partial charge in [0.2, 0.25) is 10.0 Å². The highest BCUT2D eigenvalue weighted by molar-refractivity contribution is 7.89. The number of nitrogens with one attached hydrogen (secondary N) is 1. The Morgan fingerprint density at radius 1 is 1.32 bits per heavy atom. The van der Waals surface area contributed by atoms with Crippen molar-refractivity contribution in [2.45, 2.75) is 24.3 Å². The molecule has 7 nitrogen and oxygen atoms in total. The van der Waals surface area contributed by atoms with Crippen molar-refractivity contribution in [3.8, 4) is 0 Å². The zero-order chi connectivity index (χ0) is 18.0. The van der Waals surface area contributed by atoms with E-state index in [1.807, 2.05) is 0 Å². The molecule has 1 N–H and O–H groups in total. The van der Waals surface area contributed by atoms with E-state index in [2.05, 4.69) is 5.32 Å². The first-order chi connectivity index (χ1) is 11.9. The third-order valence-corrected chi connectivity index (χ3v) is 6.97. The summed E-state index contributed by atoms with van der Waals surface area (Å²) in [5.41, 5.74) is 1.06.